The molecule has 0 unspecified atom stereocenters. The molecule has 1 N–H and O–H groups in total. The number of carbonyl (C=O) groups excluding carboxylic acids is 2. The highest BCUT2D eigenvalue weighted by molar-refractivity contribution is 8.15. The molecular weight excluding hydrogens is 394 g/mol. The Balaban J connectivity index is 1.79. The lowest BCUT2D eigenvalue weighted by Gasteiger charge is -2.28. The van der Waals surface area contributed by atoms with E-state index in [-0.39, 0.29) is 18.2 Å². The molecule has 0 aromatic heterocycles. The number of anilines is 1. The zero-order valence-corrected chi connectivity index (χ0v) is 17.8. The van der Waals surface area contributed by atoms with E-state index in [2.05, 4.69) is 10.3 Å². The summed E-state index contributed by atoms with van der Waals surface area (Å²) in [5.74, 6) is -0.373. The molecule has 1 aliphatic rings. The predicted octanol–water partition coefficient (Wildman–Crippen LogP) is 4.86. The smallest absolute Gasteiger partial charge is 0.238 e. The quantitative estimate of drug-likeness (QED) is 0.778. The zero-order valence-electron chi connectivity index (χ0n) is 16.2. The molecule has 0 spiro atoms. The monoisotopic (exact) mass is 415 g/mol. The van der Waals surface area contributed by atoms with Crippen LogP contribution in [0.15, 0.2) is 41.4 Å². The maximum Gasteiger partial charge on any atom is 0.238 e. The molecule has 0 aliphatic carbocycles. The topological polar surface area (TPSA) is 61.8 Å². The Morgan fingerprint density at radius 2 is 1.86 bits per heavy atom. The summed E-state index contributed by atoms with van der Waals surface area (Å²) in [7, 11) is 1.68. The predicted molar refractivity (Wildman–Crippen MR) is 117 cm³/mol. The van der Waals surface area contributed by atoms with Crippen molar-refractivity contribution in [3.63, 3.8) is 0 Å². The van der Waals surface area contributed by atoms with Gasteiger partial charge in [0.2, 0.25) is 11.8 Å². The fourth-order valence-electron chi connectivity index (χ4n) is 2.70. The van der Waals surface area contributed by atoms with Crippen LogP contribution in [0, 0.1) is 20.8 Å². The zero-order chi connectivity index (χ0) is 20.4. The van der Waals surface area contributed by atoms with Gasteiger partial charge in [0.1, 0.15) is 5.25 Å². The molecule has 1 saturated heterocycles. The molecular formula is C21H22ClN3O2S. The van der Waals surface area contributed by atoms with Crippen LogP contribution >= 0.6 is 23.4 Å². The van der Waals surface area contributed by atoms with Crippen molar-refractivity contribution in [3.05, 3.63) is 58.1 Å². The van der Waals surface area contributed by atoms with Gasteiger partial charge in [-0.3, -0.25) is 14.5 Å². The van der Waals surface area contributed by atoms with Gasteiger partial charge in [-0.05, 0) is 61.7 Å². The molecule has 1 heterocycles. The molecule has 7 heteroatoms. The number of amides is 2. The van der Waals surface area contributed by atoms with E-state index < -0.39 is 5.25 Å². The van der Waals surface area contributed by atoms with Gasteiger partial charge in [-0.2, -0.15) is 0 Å². The molecule has 2 amide bonds. The summed E-state index contributed by atoms with van der Waals surface area (Å²) in [4.78, 5) is 31.2. The lowest BCUT2D eigenvalue weighted by atomic mass is 10.1. The standard InChI is InChI=1S/C21H22ClN3O2S/c1-12-5-7-15(9-14(12)3)24-21-25(4)19(26)11-18(28-21)20(27)23-16-8-6-13(2)17(22)10-16/h5-10,18H,11H2,1-4H3,(H,23,27)/t18-/m0/s1. The highest BCUT2D eigenvalue weighted by Gasteiger charge is 2.34. The van der Waals surface area contributed by atoms with Crippen molar-refractivity contribution < 1.29 is 9.59 Å². The molecule has 5 nitrogen and oxygen atoms in total. The third-order valence-corrected chi connectivity index (χ3v) is 6.36. The van der Waals surface area contributed by atoms with Crippen LogP contribution in [0.25, 0.3) is 0 Å². The molecule has 1 fully saturated rings. The Morgan fingerprint density at radius 3 is 2.54 bits per heavy atom. The second-order valence-corrected chi connectivity index (χ2v) is 8.46. The minimum atomic E-state index is -0.547. The Kier molecular flexibility index (Phi) is 6.10. The first-order valence-electron chi connectivity index (χ1n) is 8.91. The van der Waals surface area contributed by atoms with Crippen molar-refractivity contribution in [2.75, 3.05) is 12.4 Å². The Hall–Kier alpha value is -2.31. The first-order chi connectivity index (χ1) is 13.2. The van der Waals surface area contributed by atoms with E-state index in [0.29, 0.717) is 15.9 Å². The number of nitrogens with one attached hydrogen (secondary N) is 1. The number of rotatable bonds is 3. The van der Waals surface area contributed by atoms with Crippen molar-refractivity contribution in [3.8, 4) is 0 Å². The van der Waals surface area contributed by atoms with Crippen LogP contribution in [0.3, 0.4) is 0 Å². The van der Waals surface area contributed by atoms with Crippen LogP contribution in [-0.2, 0) is 9.59 Å². The van der Waals surface area contributed by atoms with Crippen LogP contribution < -0.4 is 5.32 Å². The lowest BCUT2D eigenvalue weighted by Crippen LogP contribution is -2.43. The second-order valence-electron chi connectivity index (χ2n) is 6.88. The molecule has 0 bridgehead atoms. The molecule has 1 atom stereocenters. The number of halogens is 1. The molecule has 2 aromatic rings. The molecule has 28 heavy (non-hydrogen) atoms. The van der Waals surface area contributed by atoms with Gasteiger partial charge in [-0.25, -0.2) is 4.99 Å². The first kappa shape index (κ1) is 20.4. The number of amidine groups is 1. The molecule has 146 valence electrons. The van der Waals surface area contributed by atoms with Gasteiger partial charge in [-0.1, -0.05) is 35.5 Å². The Morgan fingerprint density at radius 1 is 1.14 bits per heavy atom. The molecule has 0 saturated carbocycles. The highest BCUT2D eigenvalue weighted by Crippen LogP contribution is 2.30. The Bertz CT molecular complexity index is 974. The first-order valence-corrected chi connectivity index (χ1v) is 10.2. The van der Waals surface area contributed by atoms with Crippen LogP contribution in [0.5, 0.6) is 0 Å². The van der Waals surface area contributed by atoms with E-state index in [1.54, 1.807) is 19.2 Å². The van der Waals surface area contributed by atoms with Gasteiger partial charge in [0, 0.05) is 24.2 Å². The average Bonchev–Trinajstić information content (AvgIpc) is 2.65. The lowest BCUT2D eigenvalue weighted by molar-refractivity contribution is -0.128. The summed E-state index contributed by atoms with van der Waals surface area (Å²) in [6.45, 7) is 5.95. The summed E-state index contributed by atoms with van der Waals surface area (Å²) in [5.41, 5.74) is 4.61. The van der Waals surface area contributed by atoms with Crippen molar-refractivity contribution in [1.82, 2.24) is 4.90 Å². The number of thioether (sulfide) groups is 1. The average molecular weight is 416 g/mol. The molecule has 1 aliphatic heterocycles. The number of aryl methyl sites for hydroxylation is 3. The van der Waals surface area contributed by atoms with Gasteiger partial charge < -0.3 is 5.32 Å². The summed E-state index contributed by atoms with van der Waals surface area (Å²) in [6, 6.07) is 11.2. The third-order valence-electron chi connectivity index (χ3n) is 4.72. The van der Waals surface area contributed by atoms with Crippen LogP contribution in [-0.4, -0.2) is 34.2 Å². The van der Waals surface area contributed by atoms with E-state index in [1.165, 1.54) is 22.2 Å². The summed E-state index contributed by atoms with van der Waals surface area (Å²) in [6.07, 6.45) is 0.124. The molecule has 2 aromatic carbocycles. The van der Waals surface area contributed by atoms with Crippen LogP contribution in [0.1, 0.15) is 23.1 Å². The maximum absolute atomic E-state index is 12.7. The van der Waals surface area contributed by atoms with E-state index in [1.807, 2.05) is 45.0 Å². The highest BCUT2D eigenvalue weighted by atomic mass is 35.5. The number of hydrogen-bond acceptors (Lipinski definition) is 4. The molecule has 0 radical (unpaired) electrons. The van der Waals surface area contributed by atoms with Gasteiger partial charge in [0.05, 0.1) is 5.69 Å². The number of nitrogens with zero attached hydrogens (tertiary/aromatic N) is 2. The van der Waals surface area contributed by atoms with E-state index in [4.69, 9.17) is 11.6 Å². The van der Waals surface area contributed by atoms with Gasteiger partial charge in [-0.15, -0.1) is 0 Å². The van der Waals surface area contributed by atoms with E-state index in [9.17, 15) is 9.59 Å². The number of aliphatic imine (C=N–C) groups is 1. The Labute approximate surface area is 174 Å². The maximum atomic E-state index is 12.7. The van der Waals surface area contributed by atoms with Crippen molar-refractivity contribution in [2.24, 2.45) is 4.99 Å². The largest absolute Gasteiger partial charge is 0.325 e. The SMILES string of the molecule is Cc1ccc(N=C2S[C@H](C(=O)Nc3ccc(C)c(Cl)c3)CC(=O)N2C)cc1C. The van der Waals surface area contributed by atoms with Gasteiger partial charge in [0.25, 0.3) is 0 Å². The normalized spacial score (nSPS) is 18.5. The molecule has 3 rings (SSSR count). The minimum Gasteiger partial charge on any atom is -0.325 e. The van der Waals surface area contributed by atoms with Gasteiger partial charge in [0.15, 0.2) is 5.17 Å². The van der Waals surface area contributed by atoms with Crippen molar-refractivity contribution in [1.29, 1.82) is 0 Å². The summed E-state index contributed by atoms with van der Waals surface area (Å²) < 4.78 is 0. The number of carbonyl (C=O) groups is 2. The summed E-state index contributed by atoms with van der Waals surface area (Å²) in [5, 5.41) is 3.40. The third kappa shape index (κ3) is 4.56. The minimum absolute atomic E-state index is 0.124. The van der Waals surface area contributed by atoms with E-state index >= 15 is 0 Å². The number of benzene rings is 2. The van der Waals surface area contributed by atoms with Crippen LogP contribution in [0.2, 0.25) is 5.02 Å². The fraction of sp³-hybridized carbons (Fsp3) is 0.286. The van der Waals surface area contributed by atoms with Crippen molar-refractivity contribution in [2.45, 2.75) is 32.4 Å². The van der Waals surface area contributed by atoms with Gasteiger partial charge >= 0.3 is 0 Å². The van der Waals surface area contributed by atoms with Crippen molar-refractivity contribution >= 4 is 51.7 Å². The van der Waals surface area contributed by atoms with Crippen LogP contribution in [0.4, 0.5) is 11.4 Å². The number of hydrogen-bond donors (Lipinski definition) is 1. The fourth-order valence-corrected chi connectivity index (χ4v) is 3.94. The second kappa shape index (κ2) is 8.37. The van der Waals surface area contributed by atoms with E-state index in [0.717, 1.165) is 16.8 Å². The summed E-state index contributed by atoms with van der Waals surface area (Å²) >= 11 is 7.42.